The van der Waals surface area contributed by atoms with E-state index in [9.17, 15) is 0 Å². The Balaban J connectivity index is 1.11. The summed E-state index contributed by atoms with van der Waals surface area (Å²) in [6.45, 7) is 14.5. The molecule has 2 heterocycles. The molecule has 6 heteroatoms. The van der Waals surface area contributed by atoms with Gasteiger partial charge in [0, 0.05) is 56.8 Å². The van der Waals surface area contributed by atoms with Crippen molar-refractivity contribution in [3.05, 3.63) is 259 Å². The van der Waals surface area contributed by atoms with Crippen molar-refractivity contribution in [2.24, 2.45) is 0 Å². The Kier molecular flexibility index (Phi) is 10.4. The van der Waals surface area contributed by atoms with Crippen LogP contribution in [0.25, 0.3) is 54.3 Å². The van der Waals surface area contributed by atoms with Gasteiger partial charge in [-0.25, -0.2) is 0 Å². The second-order valence-corrected chi connectivity index (χ2v) is 32.9. The van der Waals surface area contributed by atoms with Crippen LogP contribution in [0.3, 0.4) is 0 Å². The van der Waals surface area contributed by atoms with E-state index in [1.807, 2.05) is 12.3 Å². The summed E-state index contributed by atoms with van der Waals surface area (Å²) >= 11 is 0. The van der Waals surface area contributed by atoms with Gasteiger partial charge in [0.15, 0.2) is 0 Å². The van der Waals surface area contributed by atoms with E-state index in [2.05, 4.69) is 274 Å². The molecule has 76 heavy (non-hydrogen) atoms. The SMILES string of the molecule is C[Si](C)(C)c1ccc(N(c2ccccc2)c2ccc3c(c2)C2(c4cc5ccccc5cc4Oc4cc5cccnc5cc42)c2c-3c3ccccc3c3cc(N(c4ccccc4)c4ccc([Si](C)(C)C)cc4)ccc23)cc1. The quantitative estimate of drug-likeness (QED) is 0.112. The number of hydrogen-bond acceptors (Lipinski definition) is 4. The number of pyridine rings is 1. The monoisotopic (exact) mass is 1010 g/mol. The first-order chi connectivity index (χ1) is 36.9. The van der Waals surface area contributed by atoms with Crippen molar-refractivity contribution in [2.45, 2.75) is 44.7 Å². The van der Waals surface area contributed by atoms with Crippen LogP contribution in [0, 0.1) is 0 Å². The fourth-order valence-electron chi connectivity index (χ4n) is 12.5. The Morgan fingerprint density at radius 2 is 0.855 bits per heavy atom. The molecule has 0 fully saturated rings. The largest absolute Gasteiger partial charge is 0.457 e. The third-order valence-corrected chi connectivity index (χ3v) is 20.3. The first-order valence-corrected chi connectivity index (χ1v) is 33.6. The number of ether oxygens (including phenoxy) is 1. The summed E-state index contributed by atoms with van der Waals surface area (Å²) in [5.41, 5.74) is 13.8. The number of benzene rings is 11. The summed E-state index contributed by atoms with van der Waals surface area (Å²) in [6.07, 6.45) is 1.91. The van der Waals surface area contributed by atoms with Crippen LogP contribution in [0.2, 0.25) is 39.3 Å². The van der Waals surface area contributed by atoms with E-state index in [4.69, 9.17) is 9.72 Å². The molecule has 366 valence electrons. The molecule has 2 aliphatic rings. The third-order valence-electron chi connectivity index (χ3n) is 16.2. The molecule has 0 radical (unpaired) electrons. The second kappa shape index (κ2) is 17.2. The topological polar surface area (TPSA) is 28.6 Å². The van der Waals surface area contributed by atoms with Gasteiger partial charge in [-0.1, -0.05) is 177 Å². The fourth-order valence-corrected chi connectivity index (χ4v) is 14.8. The minimum Gasteiger partial charge on any atom is -0.457 e. The molecule has 12 aromatic rings. The fraction of sp³-hybridized carbons (Fsp3) is 0.100. The van der Waals surface area contributed by atoms with Gasteiger partial charge >= 0.3 is 0 Å². The molecule has 1 aliphatic carbocycles. The lowest BCUT2D eigenvalue weighted by atomic mass is 9.64. The number of rotatable bonds is 8. The predicted octanol–water partition coefficient (Wildman–Crippen LogP) is 18.2. The normalized spacial score (nSPS) is 14.6. The zero-order valence-electron chi connectivity index (χ0n) is 43.8. The zero-order valence-corrected chi connectivity index (χ0v) is 45.8. The molecule has 1 spiro atoms. The molecule has 4 nitrogen and oxygen atoms in total. The predicted molar refractivity (Wildman–Crippen MR) is 327 cm³/mol. The maximum atomic E-state index is 7.30. The summed E-state index contributed by atoms with van der Waals surface area (Å²) in [4.78, 5) is 9.92. The molecule has 14 rings (SSSR count). The average Bonchev–Trinajstić information content (AvgIpc) is 4.00. The zero-order chi connectivity index (χ0) is 51.5. The van der Waals surface area contributed by atoms with Crippen LogP contribution < -0.4 is 24.9 Å². The number of hydrogen-bond donors (Lipinski definition) is 0. The summed E-state index contributed by atoms with van der Waals surface area (Å²) in [5.74, 6) is 1.69. The van der Waals surface area contributed by atoms with Crippen molar-refractivity contribution in [1.29, 1.82) is 0 Å². The van der Waals surface area contributed by atoms with E-state index in [1.165, 1.54) is 54.2 Å². The highest BCUT2D eigenvalue weighted by Gasteiger charge is 2.53. The van der Waals surface area contributed by atoms with Crippen LogP contribution >= 0.6 is 0 Å². The second-order valence-electron chi connectivity index (χ2n) is 22.8. The Labute approximate surface area is 447 Å². The highest BCUT2D eigenvalue weighted by atomic mass is 28.3. The summed E-state index contributed by atoms with van der Waals surface area (Å²) < 4.78 is 7.30. The number of fused-ring (bicyclic) bond motifs is 16. The summed E-state index contributed by atoms with van der Waals surface area (Å²) in [7, 11) is -3.11. The van der Waals surface area contributed by atoms with Crippen molar-refractivity contribution >= 4 is 104 Å². The van der Waals surface area contributed by atoms with Crippen molar-refractivity contribution in [3.63, 3.8) is 0 Å². The lowest BCUT2D eigenvalue weighted by Crippen LogP contribution is -2.37. The van der Waals surface area contributed by atoms with Gasteiger partial charge < -0.3 is 14.5 Å². The molecular weight excluding hydrogens is 955 g/mol. The van der Waals surface area contributed by atoms with Gasteiger partial charge in [0.1, 0.15) is 11.5 Å². The molecule has 0 amide bonds. The summed E-state index contributed by atoms with van der Waals surface area (Å²) in [5, 5.41) is 11.0. The molecule has 0 saturated heterocycles. The maximum Gasteiger partial charge on any atom is 0.132 e. The molecule has 0 saturated carbocycles. The van der Waals surface area contributed by atoms with E-state index in [0.29, 0.717) is 0 Å². The van der Waals surface area contributed by atoms with Gasteiger partial charge in [-0.3, -0.25) is 4.98 Å². The summed E-state index contributed by atoms with van der Waals surface area (Å²) in [6, 6.07) is 86.0. The number of nitrogens with zero attached hydrogens (tertiary/aromatic N) is 3. The first kappa shape index (κ1) is 46.0. The maximum absolute atomic E-state index is 7.30. The molecule has 1 atom stereocenters. The third kappa shape index (κ3) is 7.19. The molecule has 0 bridgehead atoms. The van der Waals surface area contributed by atoms with E-state index in [0.717, 1.165) is 78.4 Å². The smallest absolute Gasteiger partial charge is 0.132 e. The molecule has 11 aromatic carbocycles. The number of aromatic nitrogens is 1. The number of para-hydroxylation sites is 2. The van der Waals surface area contributed by atoms with E-state index >= 15 is 0 Å². The van der Waals surface area contributed by atoms with Crippen molar-refractivity contribution in [3.8, 4) is 22.6 Å². The van der Waals surface area contributed by atoms with Crippen molar-refractivity contribution in [1.82, 2.24) is 4.98 Å². The van der Waals surface area contributed by atoms with Crippen molar-refractivity contribution in [2.75, 3.05) is 9.80 Å². The highest BCUT2D eigenvalue weighted by molar-refractivity contribution is 6.89. The van der Waals surface area contributed by atoms with Crippen LogP contribution in [-0.4, -0.2) is 21.1 Å². The van der Waals surface area contributed by atoms with Crippen LogP contribution in [0.4, 0.5) is 34.1 Å². The number of anilines is 6. The minimum atomic E-state index is -1.57. The van der Waals surface area contributed by atoms with E-state index in [-0.39, 0.29) is 0 Å². The van der Waals surface area contributed by atoms with Gasteiger partial charge in [-0.05, 0) is 158 Å². The standard InChI is InChI=1S/C70H57N3OSi2/c1-75(2,3)55-33-27-51(28-34-55)72(49-21-9-7-10-22-49)53-31-37-59-61(43-53)57-25-15-16-26-58(57)68-60-38-32-54(73(50-23-11-8-12-24-50)52-29-35-56(36-30-52)76(4,5)6)44-62(60)70(69(59)68)63-40-46-18-13-14-19-47(46)41-66(63)74-67-42-48-20-17-39-71-65(48)45-64(67)70/h7-45H,1-6H3. The van der Waals surface area contributed by atoms with Crippen LogP contribution in [0.15, 0.2) is 237 Å². The van der Waals surface area contributed by atoms with Crippen LogP contribution in [0.1, 0.15) is 22.3 Å². The van der Waals surface area contributed by atoms with Crippen LogP contribution in [0.5, 0.6) is 11.5 Å². The van der Waals surface area contributed by atoms with Gasteiger partial charge in [-0.15, -0.1) is 0 Å². The highest BCUT2D eigenvalue weighted by Crippen LogP contribution is 2.66. The minimum absolute atomic E-state index is 0.837. The Hall–Kier alpha value is -8.56. The lowest BCUT2D eigenvalue weighted by Gasteiger charge is -2.41. The molecule has 0 N–H and O–H groups in total. The molecule has 1 aromatic heterocycles. The Morgan fingerprint density at radius 1 is 0.368 bits per heavy atom. The van der Waals surface area contributed by atoms with E-state index in [1.54, 1.807) is 0 Å². The molecule has 1 unspecified atom stereocenters. The average molecular weight is 1010 g/mol. The van der Waals surface area contributed by atoms with Gasteiger partial charge in [0.05, 0.1) is 27.1 Å². The van der Waals surface area contributed by atoms with Crippen molar-refractivity contribution < 1.29 is 4.74 Å². The molecular formula is C70H57N3OSi2. The first-order valence-electron chi connectivity index (χ1n) is 26.6. The Bertz CT molecular complexity index is 4190. The Morgan fingerprint density at radius 3 is 1.47 bits per heavy atom. The molecule has 1 aliphatic heterocycles. The van der Waals surface area contributed by atoms with Gasteiger partial charge in [0.25, 0.3) is 0 Å². The van der Waals surface area contributed by atoms with Gasteiger partial charge in [0.2, 0.25) is 0 Å². The lowest BCUT2D eigenvalue weighted by molar-refractivity contribution is 0.438. The van der Waals surface area contributed by atoms with E-state index < -0.39 is 21.6 Å². The van der Waals surface area contributed by atoms with Gasteiger partial charge in [-0.2, -0.15) is 0 Å². The van der Waals surface area contributed by atoms with Crippen LogP contribution in [-0.2, 0) is 5.41 Å².